The number of nitrogens with zero attached hydrogens (tertiary/aromatic N) is 4. The van der Waals surface area contributed by atoms with Gasteiger partial charge >= 0.3 is 0 Å². The molecule has 1 atom stereocenters. The monoisotopic (exact) mass is 518 g/mol. The smallest absolute Gasteiger partial charge is 0.270 e. The lowest BCUT2D eigenvalue weighted by atomic mass is 9.90. The van der Waals surface area contributed by atoms with Gasteiger partial charge in [0.2, 0.25) is 5.91 Å². The maximum atomic E-state index is 13.5. The molecule has 0 unspecified atom stereocenters. The first-order valence-corrected chi connectivity index (χ1v) is 13.5. The van der Waals surface area contributed by atoms with E-state index in [2.05, 4.69) is 41.5 Å². The lowest BCUT2D eigenvalue weighted by Crippen LogP contribution is -2.45. The van der Waals surface area contributed by atoms with Crippen LogP contribution in [0.4, 0.5) is 5.69 Å². The highest BCUT2D eigenvalue weighted by Gasteiger charge is 2.33. The average Bonchev–Trinajstić information content (AvgIpc) is 3.24. The second-order valence-corrected chi connectivity index (χ2v) is 10.6. The van der Waals surface area contributed by atoms with Crippen molar-refractivity contribution in [3.63, 3.8) is 0 Å². The van der Waals surface area contributed by atoms with E-state index in [9.17, 15) is 19.7 Å². The quantitative estimate of drug-likeness (QED) is 0.372. The molecular weight excluding hydrogens is 488 g/mol. The number of fused-ring (bicyclic) bond motifs is 1. The highest BCUT2D eigenvalue weighted by Crippen LogP contribution is 2.38. The van der Waals surface area contributed by atoms with Crippen LogP contribution >= 0.6 is 11.3 Å². The molecule has 0 N–H and O–H groups in total. The van der Waals surface area contributed by atoms with Gasteiger partial charge in [-0.2, -0.15) is 0 Å². The van der Waals surface area contributed by atoms with Gasteiger partial charge in [-0.25, -0.2) is 0 Å². The average molecular weight is 519 g/mol. The van der Waals surface area contributed by atoms with Crippen LogP contribution in [0.15, 0.2) is 60.0 Å². The van der Waals surface area contributed by atoms with Crippen LogP contribution in [0, 0.1) is 17.0 Å². The zero-order chi connectivity index (χ0) is 25.9. The van der Waals surface area contributed by atoms with Crippen molar-refractivity contribution in [3.8, 4) is 0 Å². The number of hydrogen-bond acceptors (Lipinski definition) is 6. The summed E-state index contributed by atoms with van der Waals surface area (Å²) in [6.07, 6.45) is 1.61. The first kappa shape index (κ1) is 25.1. The van der Waals surface area contributed by atoms with Crippen LogP contribution in [0.2, 0.25) is 0 Å². The fourth-order valence-electron chi connectivity index (χ4n) is 5.38. The summed E-state index contributed by atoms with van der Waals surface area (Å²) in [5, 5.41) is 13.2. The van der Waals surface area contributed by atoms with Gasteiger partial charge < -0.3 is 9.80 Å². The maximum absolute atomic E-state index is 13.5. The molecule has 37 heavy (non-hydrogen) atoms. The molecule has 0 bridgehead atoms. The van der Waals surface area contributed by atoms with Crippen molar-refractivity contribution >= 4 is 28.8 Å². The van der Waals surface area contributed by atoms with Gasteiger partial charge in [-0.05, 0) is 54.0 Å². The Kier molecular flexibility index (Phi) is 7.34. The van der Waals surface area contributed by atoms with E-state index in [4.69, 9.17) is 0 Å². The van der Waals surface area contributed by atoms with Crippen molar-refractivity contribution in [2.45, 2.75) is 25.8 Å². The molecule has 1 saturated heterocycles. The lowest BCUT2D eigenvalue weighted by Gasteiger charge is -2.37. The van der Waals surface area contributed by atoms with Crippen LogP contribution in [0.25, 0.3) is 0 Å². The zero-order valence-corrected chi connectivity index (χ0v) is 21.7. The molecule has 1 fully saturated rings. The Morgan fingerprint density at radius 2 is 1.76 bits per heavy atom. The van der Waals surface area contributed by atoms with E-state index in [0.29, 0.717) is 44.7 Å². The summed E-state index contributed by atoms with van der Waals surface area (Å²) >= 11 is 1.79. The summed E-state index contributed by atoms with van der Waals surface area (Å²) in [6.45, 7) is 5.23. The number of benzene rings is 2. The second-order valence-electron chi connectivity index (χ2n) is 9.61. The first-order chi connectivity index (χ1) is 17.9. The number of amides is 2. The summed E-state index contributed by atoms with van der Waals surface area (Å²) < 4.78 is 0. The van der Waals surface area contributed by atoms with Gasteiger partial charge in [0.25, 0.3) is 11.6 Å². The summed E-state index contributed by atoms with van der Waals surface area (Å²) in [4.78, 5) is 44.4. The molecule has 5 rings (SSSR count). The predicted octanol–water partition coefficient (Wildman–Crippen LogP) is 4.29. The van der Waals surface area contributed by atoms with E-state index in [-0.39, 0.29) is 23.5 Å². The van der Waals surface area contributed by atoms with Gasteiger partial charge in [-0.15, -0.1) is 11.3 Å². The highest BCUT2D eigenvalue weighted by atomic mass is 32.1. The van der Waals surface area contributed by atoms with E-state index in [1.165, 1.54) is 39.8 Å². The van der Waals surface area contributed by atoms with Gasteiger partial charge in [0, 0.05) is 55.3 Å². The van der Waals surface area contributed by atoms with Crippen LogP contribution in [0.1, 0.15) is 44.4 Å². The molecule has 2 amide bonds. The minimum Gasteiger partial charge on any atom is -0.340 e. The molecular formula is C28H30N4O4S. The van der Waals surface area contributed by atoms with Crippen molar-refractivity contribution in [1.82, 2.24) is 14.7 Å². The van der Waals surface area contributed by atoms with Crippen molar-refractivity contribution in [3.05, 3.63) is 97.2 Å². The first-order valence-electron chi connectivity index (χ1n) is 12.6. The minimum atomic E-state index is -0.497. The summed E-state index contributed by atoms with van der Waals surface area (Å²) in [7, 11) is 0. The second kappa shape index (κ2) is 10.8. The van der Waals surface area contributed by atoms with Crippen molar-refractivity contribution < 1.29 is 14.5 Å². The maximum Gasteiger partial charge on any atom is 0.270 e. The van der Waals surface area contributed by atoms with Crippen molar-refractivity contribution in [2.75, 3.05) is 39.3 Å². The van der Waals surface area contributed by atoms with E-state index < -0.39 is 4.92 Å². The standard InChI is InChI=1S/C28H30N4O4S/c1-20-6-2-3-9-23(20)27-24-11-17-37-25(24)10-14-31(27)19-26(33)29-12-5-13-30(16-15-29)28(34)21-7-4-8-22(18-21)32(35)36/h2-4,6-9,11,17-18,27H,5,10,12-16,19H2,1H3/t27-/m1/s1. The third-order valence-electron chi connectivity index (χ3n) is 7.33. The Morgan fingerprint density at radius 3 is 2.57 bits per heavy atom. The molecule has 2 aliphatic heterocycles. The number of carbonyl (C=O) groups excluding carboxylic acids is 2. The molecule has 2 aromatic carbocycles. The summed E-state index contributed by atoms with van der Waals surface area (Å²) in [5.41, 5.74) is 3.95. The fraction of sp³-hybridized carbons (Fsp3) is 0.357. The van der Waals surface area contributed by atoms with E-state index in [1.807, 2.05) is 11.0 Å². The molecule has 0 spiro atoms. The zero-order valence-electron chi connectivity index (χ0n) is 20.8. The van der Waals surface area contributed by atoms with Gasteiger partial charge in [-0.3, -0.25) is 24.6 Å². The number of nitro groups is 1. The number of rotatable bonds is 5. The fourth-order valence-corrected chi connectivity index (χ4v) is 6.28. The molecule has 3 heterocycles. The minimum absolute atomic E-state index is 0.0547. The summed E-state index contributed by atoms with van der Waals surface area (Å²) in [6, 6.07) is 16.5. The molecule has 3 aromatic rings. The predicted molar refractivity (Wildman–Crippen MR) is 143 cm³/mol. The van der Waals surface area contributed by atoms with Gasteiger partial charge in [0.15, 0.2) is 0 Å². The third kappa shape index (κ3) is 5.28. The normalized spacial score (nSPS) is 18.2. The molecule has 0 aliphatic carbocycles. The van der Waals surface area contributed by atoms with Crippen molar-refractivity contribution in [1.29, 1.82) is 0 Å². The van der Waals surface area contributed by atoms with Crippen LogP contribution in [0.3, 0.4) is 0 Å². The van der Waals surface area contributed by atoms with Gasteiger partial charge in [-0.1, -0.05) is 30.3 Å². The third-order valence-corrected chi connectivity index (χ3v) is 8.32. The number of non-ortho nitro benzene ring substituents is 1. The molecule has 2 aliphatic rings. The Morgan fingerprint density at radius 1 is 0.973 bits per heavy atom. The van der Waals surface area contributed by atoms with E-state index in [0.717, 1.165) is 13.0 Å². The van der Waals surface area contributed by atoms with E-state index >= 15 is 0 Å². The van der Waals surface area contributed by atoms with Crippen LogP contribution < -0.4 is 0 Å². The number of carbonyl (C=O) groups is 2. The van der Waals surface area contributed by atoms with Gasteiger partial charge in [0.05, 0.1) is 17.5 Å². The number of nitro benzene ring substituents is 1. The van der Waals surface area contributed by atoms with Gasteiger partial charge in [0.1, 0.15) is 0 Å². The largest absolute Gasteiger partial charge is 0.340 e. The summed E-state index contributed by atoms with van der Waals surface area (Å²) in [5.74, 6) is -0.166. The highest BCUT2D eigenvalue weighted by molar-refractivity contribution is 7.10. The van der Waals surface area contributed by atoms with Crippen LogP contribution in [0.5, 0.6) is 0 Å². The Labute approximate surface area is 220 Å². The number of aryl methyl sites for hydroxylation is 1. The Balaban J connectivity index is 1.27. The topological polar surface area (TPSA) is 87.0 Å². The van der Waals surface area contributed by atoms with Crippen LogP contribution in [-0.4, -0.2) is 70.7 Å². The molecule has 9 heteroatoms. The molecule has 8 nitrogen and oxygen atoms in total. The molecule has 192 valence electrons. The van der Waals surface area contributed by atoms with Crippen LogP contribution in [-0.2, 0) is 11.2 Å². The molecule has 1 aromatic heterocycles. The SMILES string of the molecule is Cc1ccccc1[C@@H]1c2ccsc2CCN1CC(=O)N1CCCN(C(=O)c2cccc([N+](=O)[O-])c2)CC1. The number of hydrogen-bond donors (Lipinski definition) is 0. The van der Waals surface area contributed by atoms with E-state index in [1.54, 1.807) is 22.3 Å². The lowest BCUT2D eigenvalue weighted by molar-refractivity contribution is -0.384. The molecule has 0 saturated carbocycles. The Hall–Kier alpha value is -3.56. The Bertz CT molecular complexity index is 1320. The number of thiophene rings is 1. The molecule has 0 radical (unpaired) electrons. The van der Waals surface area contributed by atoms with Crippen molar-refractivity contribution in [2.24, 2.45) is 0 Å².